The Hall–Kier alpha value is -0.640. The van der Waals surface area contributed by atoms with Gasteiger partial charge in [-0.3, -0.25) is 0 Å². The van der Waals surface area contributed by atoms with Crippen molar-refractivity contribution in [3.63, 3.8) is 0 Å². The van der Waals surface area contributed by atoms with Gasteiger partial charge in [0.2, 0.25) is 0 Å². The van der Waals surface area contributed by atoms with Gasteiger partial charge in [0.1, 0.15) is 11.7 Å². The van der Waals surface area contributed by atoms with Crippen LogP contribution in [0.15, 0.2) is 23.8 Å². The number of rotatable bonds is 4. The lowest BCUT2D eigenvalue weighted by molar-refractivity contribution is -0.210. The maximum atomic E-state index is 11.6. The monoisotopic (exact) mass is 430 g/mol. The van der Waals surface area contributed by atoms with E-state index in [1.54, 1.807) is 0 Å². The second kappa shape index (κ2) is 7.99. The SMILES string of the molecule is CC(C)C(C)/C=C/C(C)[C@H]1CC[C@H]2C3=CC(O)[C@@]4(O)CC(O)CC[C@]4(C)[C@H]3CC[C@]12C. The minimum Gasteiger partial charge on any atom is -0.393 e. The number of aliphatic hydroxyl groups is 3. The fraction of sp³-hybridized carbons (Fsp3) is 0.857. The van der Waals surface area contributed by atoms with Gasteiger partial charge in [0.05, 0.1) is 6.10 Å². The van der Waals surface area contributed by atoms with Crippen molar-refractivity contribution in [2.75, 3.05) is 0 Å². The zero-order valence-electron chi connectivity index (χ0n) is 20.6. The molecular formula is C28H46O3. The third kappa shape index (κ3) is 3.49. The largest absolute Gasteiger partial charge is 0.393 e. The minimum absolute atomic E-state index is 0.271. The maximum absolute atomic E-state index is 11.6. The molecule has 4 aliphatic carbocycles. The van der Waals surface area contributed by atoms with Gasteiger partial charge in [-0.05, 0) is 79.4 Å². The second-order valence-corrected chi connectivity index (χ2v) is 12.5. The minimum atomic E-state index is -1.20. The molecule has 4 unspecified atom stereocenters. The highest BCUT2D eigenvalue weighted by molar-refractivity contribution is 5.33. The standard InChI is InChI=1S/C28H46O3/c1-17(2)18(3)7-8-19(4)22-9-10-23-21-15-25(30)28(31)16-20(29)11-14-27(28,6)24(21)12-13-26(22,23)5/h7-8,15,17-20,22-25,29-31H,9-14,16H2,1-6H3/b8-7+/t18?,19?,20?,22-,23+,24+,25?,26-,27-,28+/m1/s1. The summed E-state index contributed by atoms with van der Waals surface area (Å²) in [5.74, 6) is 3.37. The van der Waals surface area contributed by atoms with Crippen molar-refractivity contribution >= 4 is 0 Å². The summed E-state index contributed by atoms with van der Waals surface area (Å²) in [5, 5.41) is 32.9. The van der Waals surface area contributed by atoms with Crippen molar-refractivity contribution in [1.29, 1.82) is 0 Å². The molecule has 0 aromatic carbocycles. The van der Waals surface area contributed by atoms with Crippen LogP contribution in [0.5, 0.6) is 0 Å². The molecule has 0 aromatic heterocycles. The molecule has 0 amide bonds. The molecular weight excluding hydrogens is 384 g/mol. The topological polar surface area (TPSA) is 60.7 Å². The number of hydrogen-bond acceptors (Lipinski definition) is 3. The van der Waals surface area contributed by atoms with Crippen molar-refractivity contribution in [1.82, 2.24) is 0 Å². The van der Waals surface area contributed by atoms with Crippen LogP contribution in [0.25, 0.3) is 0 Å². The van der Waals surface area contributed by atoms with Crippen LogP contribution < -0.4 is 0 Å². The second-order valence-electron chi connectivity index (χ2n) is 12.5. The van der Waals surface area contributed by atoms with Crippen LogP contribution in [-0.4, -0.2) is 33.1 Å². The molecule has 0 aromatic rings. The summed E-state index contributed by atoms with van der Waals surface area (Å²) in [4.78, 5) is 0. The van der Waals surface area contributed by atoms with E-state index in [4.69, 9.17) is 0 Å². The third-order valence-electron chi connectivity index (χ3n) is 10.7. The Labute approximate surface area is 190 Å². The van der Waals surface area contributed by atoms with Crippen LogP contribution in [0.4, 0.5) is 0 Å². The van der Waals surface area contributed by atoms with Crippen LogP contribution in [0.3, 0.4) is 0 Å². The van der Waals surface area contributed by atoms with Gasteiger partial charge in [-0.2, -0.15) is 0 Å². The van der Waals surface area contributed by atoms with E-state index in [9.17, 15) is 15.3 Å². The summed E-state index contributed by atoms with van der Waals surface area (Å²) >= 11 is 0. The van der Waals surface area contributed by atoms with E-state index in [1.165, 1.54) is 24.8 Å². The average molecular weight is 431 g/mol. The highest BCUT2D eigenvalue weighted by atomic mass is 16.3. The van der Waals surface area contributed by atoms with E-state index in [0.717, 1.165) is 19.3 Å². The molecule has 10 atom stereocenters. The fourth-order valence-corrected chi connectivity index (χ4v) is 8.16. The summed E-state index contributed by atoms with van der Waals surface area (Å²) in [5.41, 5.74) is 0.160. The Morgan fingerprint density at radius 2 is 1.65 bits per heavy atom. The van der Waals surface area contributed by atoms with Crippen molar-refractivity contribution in [3.05, 3.63) is 23.8 Å². The first kappa shape index (κ1) is 23.5. The predicted molar refractivity (Wildman–Crippen MR) is 126 cm³/mol. The van der Waals surface area contributed by atoms with Gasteiger partial charge >= 0.3 is 0 Å². The molecule has 0 radical (unpaired) electrons. The normalized spacial score (nSPS) is 49.4. The summed E-state index contributed by atoms with van der Waals surface area (Å²) in [6.07, 6.45) is 12.1. The number of hydrogen-bond donors (Lipinski definition) is 3. The van der Waals surface area contributed by atoms with Gasteiger partial charge < -0.3 is 15.3 Å². The molecule has 3 saturated carbocycles. The Bertz CT molecular complexity index is 741. The first-order chi connectivity index (χ1) is 14.4. The molecule has 3 fully saturated rings. The molecule has 3 heteroatoms. The highest BCUT2D eigenvalue weighted by Gasteiger charge is 2.64. The molecule has 3 N–H and O–H groups in total. The number of fused-ring (bicyclic) bond motifs is 5. The van der Waals surface area contributed by atoms with E-state index < -0.39 is 17.8 Å². The highest BCUT2D eigenvalue weighted by Crippen LogP contribution is 2.67. The molecule has 0 saturated heterocycles. The first-order valence-corrected chi connectivity index (χ1v) is 12.9. The fourth-order valence-electron chi connectivity index (χ4n) is 8.16. The molecule has 3 nitrogen and oxygen atoms in total. The summed E-state index contributed by atoms with van der Waals surface area (Å²) in [6.45, 7) is 14.0. The molecule has 0 heterocycles. The molecule has 4 aliphatic rings. The lowest BCUT2D eigenvalue weighted by Gasteiger charge is -2.62. The molecule has 0 bridgehead atoms. The van der Waals surface area contributed by atoms with Gasteiger partial charge in [0.25, 0.3) is 0 Å². The Morgan fingerprint density at radius 1 is 0.935 bits per heavy atom. The molecule has 0 spiro atoms. The number of aliphatic hydroxyl groups excluding tert-OH is 2. The summed E-state index contributed by atoms with van der Waals surface area (Å²) < 4.78 is 0. The Kier molecular flexibility index (Phi) is 6.06. The maximum Gasteiger partial charge on any atom is 0.102 e. The van der Waals surface area contributed by atoms with Gasteiger partial charge in [-0.25, -0.2) is 0 Å². The van der Waals surface area contributed by atoms with Gasteiger partial charge in [0.15, 0.2) is 0 Å². The number of allylic oxidation sites excluding steroid dienone is 3. The predicted octanol–water partition coefficient (Wildman–Crippen LogP) is 5.50. The summed E-state index contributed by atoms with van der Waals surface area (Å²) in [7, 11) is 0. The van der Waals surface area contributed by atoms with Gasteiger partial charge in [0, 0.05) is 11.8 Å². The zero-order chi connectivity index (χ0) is 22.8. The Morgan fingerprint density at radius 3 is 2.32 bits per heavy atom. The van der Waals surface area contributed by atoms with Crippen LogP contribution in [0.2, 0.25) is 0 Å². The molecule has 4 rings (SSSR count). The van der Waals surface area contributed by atoms with Gasteiger partial charge in [-0.1, -0.05) is 65.3 Å². The lowest BCUT2D eigenvalue weighted by Crippen LogP contribution is -2.65. The van der Waals surface area contributed by atoms with Crippen molar-refractivity contribution in [2.45, 2.75) is 104 Å². The van der Waals surface area contributed by atoms with E-state index in [-0.39, 0.29) is 10.8 Å². The van der Waals surface area contributed by atoms with Gasteiger partial charge in [-0.15, -0.1) is 0 Å². The molecule has 31 heavy (non-hydrogen) atoms. The lowest BCUT2D eigenvalue weighted by atomic mass is 9.45. The quantitative estimate of drug-likeness (QED) is 0.516. The first-order valence-electron chi connectivity index (χ1n) is 12.9. The van der Waals surface area contributed by atoms with E-state index in [0.29, 0.717) is 41.9 Å². The van der Waals surface area contributed by atoms with Crippen molar-refractivity contribution in [3.8, 4) is 0 Å². The smallest absolute Gasteiger partial charge is 0.102 e. The Balaban J connectivity index is 1.61. The van der Waals surface area contributed by atoms with Crippen LogP contribution >= 0.6 is 0 Å². The van der Waals surface area contributed by atoms with Crippen LogP contribution in [0, 0.1) is 46.3 Å². The average Bonchev–Trinajstić information content (AvgIpc) is 3.05. The van der Waals surface area contributed by atoms with E-state index in [1.807, 2.05) is 6.08 Å². The van der Waals surface area contributed by atoms with Crippen molar-refractivity contribution in [2.24, 2.45) is 46.3 Å². The van der Waals surface area contributed by atoms with Crippen LogP contribution in [-0.2, 0) is 0 Å². The van der Waals surface area contributed by atoms with Crippen LogP contribution in [0.1, 0.15) is 86.5 Å². The molecule has 0 aliphatic heterocycles. The van der Waals surface area contributed by atoms with Crippen molar-refractivity contribution < 1.29 is 15.3 Å². The zero-order valence-corrected chi connectivity index (χ0v) is 20.6. The van der Waals surface area contributed by atoms with E-state index >= 15 is 0 Å². The van der Waals surface area contributed by atoms with E-state index in [2.05, 4.69) is 53.7 Å². The molecule has 176 valence electrons. The third-order valence-corrected chi connectivity index (χ3v) is 10.7. The summed E-state index contributed by atoms with van der Waals surface area (Å²) in [6, 6.07) is 0.